The minimum atomic E-state index is 0.531. The first-order valence-corrected chi connectivity index (χ1v) is 8.40. The van der Waals surface area contributed by atoms with Gasteiger partial charge >= 0.3 is 0 Å². The summed E-state index contributed by atoms with van der Waals surface area (Å²) in [5, 5.41) is 5.74. The summed E-state index contributed by atoms with van der Waals surface area (Å²) in [4.78, 5) is 8.17. The second-order valence-corrected chi connectivity index (χ2v) is 6.63. The summed E-state index contributed by atoms with van der Waals surface area (Å²) in [7, 11) is 0. The zero-order valence-electron chi connectivity index (χ0n) is 12.2. The summed E-state index contributed by atoms with van der Waals surface area (Å²) in [6, 6.07) is 8.75. The third-order valence-corrected chi connectivity index (χ3v) is 4.80. The number of nitrogens with two attached hydrogens (primary N) is 1. The van der Waals surface area contributed by atoms with Crippen molar-refractivity contribution in [3.05, 3.63) is 40.7 Å². The van der Waals surface area contributed by atoms with E-state index in [4.69, 9.17) is 5.73 Å². The highest BCUT2D eigenvalue weighted by molar-refractivity contribution is 7.09. The average Bonchev–Trinajstić information content (AvgIpc) is 2.89. The third-order valence-electron chi connectivity index (χ3n) is 3.94. The van der Waals surface area contributed by atoms with Crippen LogP contribution in [0, 0.1) is 0 Å². The van der Waals surface area contributed by atoms with Crippen molar-refractivity contribution in [3.63, 3.8) is 0 Å². The number of likely N-dealkylation sites (tertiary alicyclic amines) is 1. The van der Waals surface area contributed by atoms with Crippen LogP contribution in [0.5, 0.6) is 0 Å². The smallest absolute Gasteiger partial charge is 0.123 e. The second kappa shape index (κ2) is 6.91. The van der Waals surface area contributed by atoms with Crippen LogP contribution in [0.1, 0.15) is 24.1 Å². The Balaban J connectivity index is 1.52. The van der Waals surface area contributed by atoms with E-state index in [-0.39, 0.29) is 0 Å². The first kappa shape index (κ1) is 14.4. The van der Waals surface area contributed by atoms with Gasteiger partial charge in [0.25, 0.3) is 0 Å². The molecule has 4 nitrogen and oxygen atoms in total. The molecule has 0 bridgehead atoms. The van der Waals surface area contributed by atoms with E-state index in [1.807, 2.05) is 29.7 Å². The topological polar surface area (TPSA) is 54.2 Å². The summed E-state index contributed by atoms with van der Waals surface area (Å²) in [5.74, 6) is 0.573. The fourth-order valence-electron chi connectivity index (χ4n) is 2.81. The van der Waals surface area contributed by atoms with Gasteiger partial charge < -0.3 is 11.1 Å². The SMILES string of the molecule is Nc1ccc(N[C@@H]2CCCN(Cc3cccs3)CC2)cn1. The normalized spacial score (nSPS) is 20.1. The van der Waals surface area contributed by atoms with Gasteiger partial charge in [0, 0.05) is 24.0 Å². The molecule has 2 aromatic heterocycles. The molecule has 2 aromatic rings. The Morgan fingerprint density at radius 1 is 1.29 bits per heavy atom. The van der Waals surface area contributed by atoms with Crippen LogP contribution in [-0.4, -0.2) is 29.0 Å². The maximum absolute atomic E-state index is 5.62. The number of hydrogen-bond donors (Lipinski definition) is 2. The van der Waals surface area contributed by atoms with E-state index in [2.05, 4.69) is 32.7 Å². The molecule has 1 fully saturated rings. The second-order valence-electron chi connectivity index (χ2n) is 5.60. The van der Waals surface area contributed by atoms with Crippen LogP contribution in [0.2, 0.25) is 0 Å². The van der Waals surface area contributed by atoms with Gasteiger partial charge in [0.05, 0.1) is 11.9 Å². The van der Waals surface area contributed by atoms with Crippen LogP contribution in [0.15, 0.2) is 35.8 Å². The Labute approximate surface area is 130 Å². The molecular formula is C16H22N4S. The number of anilines is 2. The number of nitrogens with one attached hydrogen (secondary N) is 1. The molecule has 21 heavy (non-hydrogen) atoms. The van der Waals surface area contributed by atoms with E-state index < -0.39 is 0 Å². The van der Waals surface area contributed by atoms with Crippen LogP contribution in [0.25, 0.3) is 0 Å². The van der Waals surface area contributed by atoms with Gasteiger partial charge in [0.15, 0.2) is 0 Å². The summed E-state index contributed by atoms with van der Waals surface area (Å²) in [6.07, 6.45) is 5.45. The molecule has 3 N–H and O–H groups in total. The van der Waals surface area contributed by atoms with Gasteiger partial charge in [-0.25, -0.2) is 4.98 Å². The predicted molar refractivity (Wildman–Crippen MR) is 89.5 cm³/mol. The molecule has 3 heterocycles. The molecule has 0 aromatic carbocycles. The first-order chi connectivity index (χ1) is 10.3. The van der Waals surface area contributed by atoms with Crippen LogP contribution in [0.3, 0.4) is 0 Å². The highest BCUT2D eigenvalue weighted by atomic mass is 32.1. The molecule has 1 atom stereocenters. The molecule has 1 aliphatic rings. The van der Waals surface area contributed by atoms with Crippen LogP contribution >= 0.6 is 11.3 Å². The Hall–Kier alpha value is -1.59. The van der Waals surface area contributed by atoms with Gasteiger partial charge in [-0.2, -0.15) is 0 Å². The Morgan fingerprint density at radius 2 is 2.24 bits per heavy atom. The fourth-order valence-corrected chi connectivity index (χ4v) is 3.55. The van der Waals surface area contributed by atoms with E-state index in [9.17, 15) is 0 Å². The van der Waals surface area contributed by atoms with Gasteiger partial charge in [-0.15, -0.1) is 11.3 Å². The average molecular weight is 302 g/mol. The molecule has 112 valence electrons. The lowest BCUT2D eigenvalue weighted by molar-refractivity contribution is 0.278. The first-order valence-electron chi connectivity index (χ1n) is 7.52. The van der Waals surface area contributed by atoms with Crippen molar-refractivity contribution in [1.29, 1.82) is 0 Å². The Kier molecular flexibility index (Phi) is 4.72. The molecule has 0 saturated carbocycles. The van der Waals surface area contributed by atoms with Crippen molar-refractivity contribution in [2.24, 2.45) is 0 Å². The summed E-state index contributed by atoms with van der Waals surface area (Å²) >= 11 is 1.85. The lowest BCUT2D eigenvalue weighted by atomic mass is 10.1. The van der Waals surface area contributed by atoms with E-state index in [0.29, 0.717) is 11.9 Å². The molecule has 0 radical (unpaired) electrons. The van der Waals surface area contributed by atoms with Gasteiger partial charge in [-0.1, -0.05) is 6.07 Å². The number of thiophene rings is 1. The zero-order valence-corrected chi connectivity index (χ0v) is 13.0. The summed E-state index contributed by atoms with van der Waals surface area (Å²) in [5.41, 5.74) is 6.69. The van der Waals surface area contributed by atoms with Crippen molar-refractivity contribution in [2.45, 2.75) is 31.8 Å². The number of pyridine rings is 1. The Bertz CT molecular complexity index is 538. The largest absolute Gasteiger partial charge is 0.384 e. The number of rotatable bonds is 4. The molecule has 0 aliphatic carbocycles. The lowest BCUT2D eigenvalue weighted by Gasteiger charge is -2.20. The van der Waals surface area contributed by atoms with E-state index in [1.165, 1.54) is 30.7 Å². The van der Waals surface area contributed by atoms with Gasteiger partial charge in [-0.3, -0.25) is 4.90 Å². The quantitative estimate of drug-likeness (QED) is 0.910. The fraction of sp³-hybridized carbons (Fsp3) is 0.438. The maximum Gasteiger partial charge on any atom is 0.123 e. The van der Waals surface area contributed by atoms with Crippen LogP contribution in [-0.2, 0) is 6.54 Å². The minimum Gasteiger partial charge on any atom is -0.384 e. The number of hydrogen-bond acceptors (Lipinski definition) is 5. The summed E-state index contributed by atoms with van der Waals surface area (Å²) in [6.45, 7) is 3.43. The molecule has 1 saturated heterocycles. The third kappa shape index (κ3) is 4.19. The lowest BCUT2D eigenvalue weighted by Crippen LogP contribution is -2.25. The minimum absolute atomic E-state index is 0.531. The van der Waals surface area contributed by atoms with E-state index >= 15 is 0 Å². The van der Waals surface area contributed by atoms with Crippen LogP contribution in [0.4, 0.5) is 11.5 Å². The molecule has 3 rings (SSSR count). The standard InChI is InChI=1S/C16H22N4S/c17-16-6-5-14(11-18-16)19-13-3-1-8-20(9-7-13)12-15-4-2-10-21-15/h2,4-6,10-11,13,19H,1,3,7-9,12H2,(H2,17,18)/t13-/m1/s1. The van der Waals surface area contributed by atoms with Crippen molar-refractivity contribution in [2.75, 3.05) is 24.1 Å². The number of nitrogens with zero attached hydrogens (tertiary/aromatic N) is 2. The van der Waals surface area contributed by atoms with Gasteiger partial charge in [0.2, 0.25) is 0 Å². The molecule has 1 aliphatic heterocycles. The highest BCUT2D eigenvalue weighted by Crippen LogP contribution is 2.19. The Morgan fingerprint density at radius 3 is 3.00 bits per heavy atom. The molecular weight excluding hydrogens is 280 g/mol. The maximum atomic E-state index is 5.62. The van der Waals surface area contributed by atoms with E-state index in [0.717, 1.165) is 18.8 Å². The van der Waals surface area contributed by atoms with Gasteiger partial charge in [0.1, 0.15) is 5.82 Å². The monoisotopic (exact) mass is 302 g/mol. The highest BCUT2D eigenvalue weighted by Gasteiger charge is 2.17. The van der Waals surface area contributed by atoms with Crippen molar-refractivity contribution in [3.8, 4) is 0 Å². The number of aromatic nitrogens is 1. The van der Waals surface area contributed by atoms with Crippen molar-refractivity contribution < 1.29 is 0 Å². The summed E-state index contributed by atoms with van der Waals surface area (Å²) < 4.78 is 0. The van der Waals surface area contributed by atoms with E-state index in [1.54, 1.807) is 0 Å². The zero-order chi connectivity index (χ0) is 14.5. The van der Waals surface area contributed by atoms with Gasteiger partial charge in [-0.05, 0) is 49.4 Å². The van der Waals surface area contributed by atoms with Crippen LogP contribution < -0.4 is 11.1 Å². The number of nitrogen functional groups attached to an aromatic ring is 1. The van der Waals surface area contributed by atoms with Crippen molar-refractivity contribution in [1.82, 2.24) is 9.88 Å². The molecule has 0 spiro atoms. The molecule has 0 amide bonds. The molecule has 0 unspecified atom stereocenters. The predicted octanol–water partition coefficient (Wildman–Crippen LogP) is 3.19. The van der Waals surface area contributed by atoms with Crippen molar-refractivity contribution >= 4 is 22.8 Å². The molecule has 5 heteroatoms.